The summed E-state index contributed by atoms with van der Waals surface area (Å²) in [7, 11) is 0. The molecule has 21 heavy (non-hydrogen) atoms. The van der Waals surface area contributed by atoms with Crippen molar-refractivity contribution in [1.82, 2.24) is 0 Å². The Bertz CT molecular complexity index is 681. The second-order valence-electron chi connectivity index (χ2n) is 5.12. The van der Waals surface area contributed by atoms with Gasteiger partial charge < -0.3 is 10.0 Å². The Morgan fingerprint density at radius 2 is 1.71 bits per heavy atom. The van der Waals surface area contributed by atoms with Crippen molar-refractivity contribution in [2.24, 2.45) is 0 Å². The van der Waals surface area contributed by atoms with Gasteiger partial charge in [-0.15, -0.1) is 0 Å². The first kappa shape index (κ1) is 13.4. The Hall–Kier alpha value is -2.62. The predicted molar refractivity (Wildman–Crippen MR) is 79.1 cm³/mol. The van der Waals surface area contributed by atoms with Gasteiger partial charge in [-0.05, 0) is 17.2 Å². The van der Waals surface area contributed by atoms with E-state index in [0.29, 0.717) is 6.54 Å². The van der Waals surface area contributed by atoms with Gasteiger partial charge in [0.05, 0.1) is 18.9 Å². The summed E-state index contributed by atoms with van der Waals surface area (Å²) in [6, 6.07) is 17.1. The number of benzene rings is 2. The van der Waals surface area contributed by atoms with Crippen LogP contribution in [0, 0.1) is 0 Å². The molecule has 0 spiro atoms. The first-order valence-corrected chi connectivity index (χ1v) is 6.83. The normalized spacial score (nSPS) is 16.9. The molecule has 0 saturated carbocycles. The van der Waals surface area contributed by atoms with E-state index in [2.05, 4.69) is 0 Å². The highest BCUT2D eigenvalue weighted by atomic mass is 16.4. The minimum Gasteiger partial charge on any atom is -0.481 e. The number of hydrogen-bond acceptors (Lipinski definition) is 2. The Balaban J connectivity index is 1.95. The number of rotatable bonds is 4. The molecule has 2 aromatic carbocycles. The summed E-state index contributed by atoms with van der Waals surface area (Å²) in [5.74, 6) is -1.67. The molecular formula is C17H15NO3. The number of fused-ring (bicyclic) bond motifs is 1. The van der Waals surface area contributed by atoms with E-state index in [-0.39, 0.29) is 12.3 Å². The van der Waals surface area contributed by atoms with Crippen LogP contribution >= 0.6 is 0 Å². The molecule has 0 fully saturated rings. The molecule has 1 aliphatic heterocycles. The summed E-state index contributed by atoms with van der Waals surface area (Å²) in [5, 5.41) is 9.02. The summed E-state index contributed by atoms with van der Waals surface area (Å²) in [6.45, 7) is 0.465. The fourth-order valence-corrected chi connectivity index (χ4v) is 2.77. The van der Waals surface area contributed by atoms with E-state index >= 15 is 0 Å². The molecule has 2 aromatic rings. The van der Waals surface area contributed by atoms with Gasteiger partial charge in [0.15, 0.2) is 0 Å². The van der Waals surface area contributed by atoms with Crippen LogP contribution in [0.3, 0.4) is 0 Å². The fourth-order valence-electron chi connectivity index (χ4n) is 2.77. The van der Waals surface area contributed by atoms with Crippen molar-refractivity contribution in [2.75, 3.05) is 4.90 Å². The smallest absolute Gasteiger partial charge is 0.304 e. The molecule has 1 aliphatic rings. The number of carboxylic acid groups (broad SMARTS) is 1. The molecule has 4 heteroatoms. The lowest BCUT2D eigenvalue weighted by Crippen LogP contribution is -2.29. The van der Waals surface area contributed by atoms with Gasteiger partial charge in [-0.3, -0.25) is 9.59 Å². The van der Waals surface area contributed by atoms with Crippen LogP contribution in [0.5, 0.6) is 0 Å². The van der Waals surface area contributed by atoms with Crippen LogP contribution < -0.4 is 4.90 Å². The van der Waals surface area contributed by atoms with Crippen LogP contribution in [0.25, 0.3) is 0 Å². The van der Waals surface area contributed by atoms with E-state index < -0.39 is 11.9 Å². The molecule has 1 heterocycles. The lowest BCUT2D eigenvalue weighted by molar-refractivity contribution is -0.139. The Kier molecular flexibility index (Phi) is 3.44. The van der Waals surface area contributed by atoms with Gasteiger partial charge in [-0.1, -0.05) is 48.5 Å². The van der Waals surface area contributed by atoms with Gasteiger partial charge in [-0.2, -0.15) is 0 Å². The van der Waals surface area contributed by atoms with Crippen molar-refractivity contribution in [3.05, 3.63) is 65.7 Å². The second-order valence-corrected chi connectivity index (χ2v) is 5.12. The molecule has 1 atom stereocenters. The number of aliphatic carboxylic acids is 1. The average Bonchev–Trinajstić information content (AvgIpc) is 2.74. The summed E-state index contributed by atoms with van der Waals surface area (Å²) in [4.78, 5) is 25.2. The number of carbonyl (C=O) groups is 2. The average molecular weight is 281 g/mol. The van der Waals surface area contributed by atoms with Crippen molar-refractivity contribution < 1.29 is 14.7 Å². The predicted octanol–water partition coefficient (Wildman–Crippen LogP) is 2.79. The SMILES string of the molecule is O=C(O)CC1C(=O)N(Cc2ccccc2)c2ccccc21. The molecule has 1 amide bonds. The zero-order chi connectivity index (χ0) is 14.8. The molecule has 0 aromatic heterocycles. The van der Waals surface area contributed by atoms with Crippen molar-refractivity contribution in [2.45, 2.75) is 18.9 Å². The van der Waals surface area contributed by atoms with E-state index in [1.165, 1.54) is 0 Å². The minimum absolute atomic E-state index is 0.137. The first-order valence-electron chi connectivity index (χ1n) is 6.83. The van der Waals surface area contributed by atoms with Crippen LogP contribution in [0.1, 0.15) is 23.5 Å². The lowest BCUT2D eigenvalue weighted by Gasteiger charge is -2.18. The maximum absolute atomic E-state index is 12.6. The van der Waals surface area contributed by atoms with E-state index in [0.717, 1.165) is 16.8 Å². The van der Waals surface area contributed by atoms with Crippen LogP contribution in [0.2, 0.25) is 0 Å². The van der Waals surface area contributed by atoms with E-state index in [4.69, 9.17) is 5.11 Å². The van der Waals surface area contributed by atoms with Crippen LogP contribution in [0.15, 0.2) is 54.6 Å². The van der Waals surface area contributed by atoms with E-state index in [9.17, 15) is 9.59 Å². The monoisotopic (exact) mass is 281 g/mol. The van der Waals surface area contributed by atoms with Gasteiger partial charge in [0.25, 0.3) is 0 Å². The largest absolute Gasteiger partial charge is 0.481 e. The Morgan fingerprint density at radius 1 is 1.05 bits per heavy atom. The first-order chi connectivity index (χ1) is 10.2. The summed E-state index contributed by atoms with van der Waals surface area (Å²) in [5.41, 5.74) is 2.65. The molecular weight excluding hydrogens is 266 g/mol. The molecule has 1 unspecified atom stereocenters. The molecule has 0 radical (unpaired) electrons. The number of hydrogen-bond donors (Lipinski definition) is 1. The Morgan fingerprint density at radius 3 is 2.43 bits per heavy atom. The standard InChI is InChI=1S/C17H15NO3/c19-16(20)10-14-13-8-4-5-9-15(13)18(17(14)21)11-12-6-2-1-3-7-12/h1-9,14H,10-11H2,(H,19,20). The number of anilines is 1. The van der Waals surface area contributed by atoms with Gasteiger partial charge in [-0.25, -0.2) is 0 Å². The molecule has 106 valence electrons. The van der Waals surface area contributed by atoms with E-state index in [1.807, 2.05) is 54.6 Å². The van der Waals surface area contributed by atoms with Crippen molar-refractivity contribution in [3.63, 3.8) is 0 Å². The third-order valence-corrected chi connectivity index (χ3v) is 3.73. The number of carbonyl (C=O) groups excluding carboxylic acids is 1. The van der Waals surface area contributed by atoms with E-state index in [1.54, 1.807) is 4.90 Å². The van der Waals surface area contributed by atoms with Crippen LogP contribution in [-0.2, 0) is 16.1 Å². The summed E-state index contributed by atoms with van der Waals surface area (Å²) in [6.07, 6.45) is -0.166. The topological polar surface area (TPSA) is 57.6 Å². The molecule has 3 rings (SSSR count). The molecule has 0 saturated heterocycles. The number of carboxylic acids is 1. The highest BCUT2D eigenvalue weighted by Gasteiger charge is 2.37. The van der Waals surface area contributed by atoms with Gasteiger partial charge >= 0.3 is 5.97 Å². The highest BCUT2D eigenvalue weighted by Crippen LogP contribution is 2.39. The quantitative estimate of drug-likeness (QED) is 0.937. The van der Waals surface area contributed by atoms with Crippen molar-refractivity contribution >= 4 is 17.6 Å². The zero-order valence-corrected chi connectivity index (χ0v) is 11.4. The van der Waals surface area contributed by atoms with Gasteiger partial charge in [0.2, 0.25) is 5.91 Å². The second kappa shape index (κ2) is 5.40. The molecule has 4 nitrogen and oxygen atoms in total. The van der Waals surface area contributed by atoms with Gasteiger partial charge in [0, 0.05) is 5.69 Å². The Labute approximate surface area is 122 Å². The molecule has 0 aliphatic carbocycles. The molecule has 0 bridgehead atoms. The number of amides is 1. The third-order valence-electron chi connectivity index (χ3n) is 3.73. The van der Waals surface area contributed by atoms with Crippen molar-refractivity contribution in [1.29, 1.82) is 0 Å². The fraction of sp³-hybridized carbons (Fsp3) is 0.176. The lowest BCUT2D eigenvalue weighted by atomic mass is 9.97. The van der Waals surface area contributed by atoms with Crippen LogP contribution in [-0.4, -0.2) is 17.0 Å². The van der Waals surface area contributed by atoms with Crippen molar-refractivity contribution in [3.8, 4) is 0 Å². The summed E-state index contributed by atoms with van der Waals surface area (Å²) >= 11 is 0. The zero-order valence-electron chi connectivity index (χ0n) is 11.4. The highest BCUT2D eigenvalue weighted by molar-refractivity contribution is 6.06. The maximum atomic E-state index is 12.6. The minimum atomic E-state index is -0.954. The third kappa shape index (κ3) is 2.52. The maximum Gasteiger partial charge on any atom is 0.304 e. The summed E-state index contributed by atoms with van der Waals surface area (Å²) < 4.78 is 0. The van der Waals surface area contributed by atoms with Crippen LogP contribution in [0.4, 0.5) is 5.69 Å². The van der Waals surface area contributed by atoms with Gasteiger partial charge in [0.1, 0.15) is 0 Å². The number of nitrogens with zero attached hydrogens (tertiary/aromatic N) is 1. The molecule has 1 N–H and O–H groups in total. The number of para-hydroxylation sites is 1.